The topological polar surface area (TPSA) is 54.5 Å². The van der Waals surface area contributed by atoms with Crippen LogP contribution in [-0.2, 0) is 0 Å². The monoisotopic (exact) mass is 379 g/mol. The Kier molecular flexibility index (Phi) is 5.66. The number of nitrogens with one attached hydrogen (secondary N) is 1. The summed E-state index contributed by atoms with van der Waals surface area (Å²) in [6, 6.07) is 8.93. The molecule has 0 spiro atoms. The molecule has 25 heavy (non-hydrogen) atoms. The second-order valence-corrected chi connectivity index (χ2v) is 6.63. The minimum absolute atomic E-state index is 0.0575. The van der Waals surface area contributed by atoms with Crippen molar-refractivity contribution in [2.24, 2.45) is 0 Å². The van der Waals surface area contributed by atoms with E-state index in [-0.39, 0.29) is 12.0 Å². The molecule has 5 nitrogen and oxygen atoms in total. The Labute approximate surface area is 156 Å². The fourth-order valence-corrected chi connectivity index (χ4v) is 3.03. The lowest BCUT2D eigenvalue weighted by Gasteiger charge is -2.18. The molecule has 0 bridgehead atoms. The Hall–Kier alpha value is -1.98. The number of pyridine rings is 1. The Balaban J connectivity index is 1.60. The van der Waals surface area contributed by atoms with Crippen LogP contribution in [0.5, 0.6) is 5.75 Å². The normalized spacial score (nSPS) is 16.8. The quantitative estimate of drug-likeness (QED) is 0.858. The average Bonchev–Trinajstić information content (AvgIpc) is 3.07. The van der Waals surface area contributed by atoms with Crippen LogP contribution in [0.2, 0.25) is 10.0 Å². The maximum atomic E-state index is 11.8. The lowest BCUT2D eigenvalue weighted by atomic mass is 10.2. The highest BCUT2D eigenvalue weighted by molar-refractivity contribution is 6.42. The van der Waals surface area contributed by atoms with Crippen molar-refractivity contribution < 1.29 is 9.53 Å². The molecule has 0 saturated carbocycles. The second kappa shape index (κ2) is 7.93. The maximum absolute atomic E-state index is 11.8. The van der Waals surface area contributed by atoms with Gasteiger partial charge in [-0.05, 0) is 31.2 Å². The molecular weight excluding hydrogens is 361 g/mol. The van der Waals surface area contributed by atoms with Crippen molar-refractivity contribution in [2.75, 3.05) is 24.5 Å². The molecule has 1 aromatic carbocycles. The molecule has 1 unspecified atom stereocenters. The van der Waals surface area contributed by atoms with E-state index in [9.17, 15) is 4.79 Å². The van der Waals surface area contributed by atoms with Gasteiger partial charge in [0.15, 0.2) is 0 Å². The summed E-state index contributed by atoms with van der Waals surface area (Å²) in [5.41, 5.74) is 0.563. The van der Waals surface area contributed by atoms with Gasteiger partial charge in [0.2, 0.25) is 0 Å². The van der Waals surface area contributed by atoms with Crippen LogP contribution >= 0.6 is 23.2 Å². The first kappa shape index (κ1) is 17.8. The van der Waals surface area contributed by atoms with Crippen LogP contribution in [0.4, 0.5) is 5.82 Å². The van der Waals surface area contributed by atoms with Crippen molar-refractivity contribution in [2.45, 2.75) is 19.4 Å². The SMILES string of the molecule is CCNC(=O)c1ccc(N2CCC(Oc3ccc(Cl)c(Cl)c3)C2)nc1. The van der Waals surface area contributed by atoms with Crippen LogP contribution in [0, 0.1) is 0 Å². The van der Waals surface area contributed by atoms with Crippen LogP contribution in [0.3, 0.4) is 0 Å². The minimum atomic E-state index is -0.108. The van der Waals surface area contributed by atoms with E-state index >= 15 is 0 Å². The van der Waals surface area contributed by atoms with E-state index in [1.165, 1.54) is 0 Å². The van der Waals surface area contributed by atoms with Gasteiger partial charge < -0.3 is 15.0 Å². The fourth-order valence-electron chi connectivity index (χ4n) is 2.75. The number of ether oxygens (including phenoxy) is 1. The average molecular weight is 380 g/mol. The zero-order valence-corrected chi connectivity index (χ0v) is 15.3. The lowest BCUT2D eigenvalue weighted by Crippen LogP contribution is -2.26. The van der Waals surface area contributed by atoms with Crippen molar-refractivity contribution in [3.8, 4) is 5.75 Å². The minimum Gasteiger partial charge on any atom is -0.488 e. The van der Waals surface area contributed by atoms with E-state index in [1.807, 2.05) is 19.1 Å². The Bertz CT molecular complexity index is 752. The number of nitrogens with zero attached hydrogens (tertiary/aromatic N) is 2. The molecule has 0 aliphatic carbocycles. The van der Waals surface area contributed by atoms with Gasteiger partial charge in [-0.3, -0.25) is 4.79 Å². The predicted molar refractivity (Wildman–Crippen MR) is 100.0 cm³/mol. The first-order valence-electron chi connectivity index (χ1n) is 8.17. The van der Waals surface area contributed by atoms with Crippen LogP contribution in [0.25, 0.3) is 0 Å². The number of anilines is 1. The largest absolute Gasteiger partial charge is 0.488 e. The number of benzene rings is 1. The van der Waals surface area contributed by atoms with Crippen molar-refractivity contribution in [3.63, 3.8) is 0 Å². The molecule has 1 N–H and O–H groups in total. The molecule has 0 radical (unpaired) electrons. The highest BCUT2D eigenvalue weighted by Gasteiger charge is 2.25. The highest BCUT2D eigenvalue weighted by atomic mass is 35.5. The Morgan fingerprint density at radius 2 is 2.16 bits per heavy atom. The number of rotatable bonds is 5. The second-order valence-electron chi connectivity index (χ2n) is 5.81. The van der Waals surface area contributed by atoms with Crippen LogP contribution in [0.15, 0.2) is 36.5 Å². The highest BCUT2D eigenvalue weighted by Crippen LogP contribution is 2.28. The predicted octanol–water partition coefficient (Wildman–Crippen LogP) is 3.80. The third-order valence-electron chi connectivity index (χ3n) is 4.01. The van der Waals surface area contributed by atoms with E-state index in [2.05, 4.69) is 15.2 Å². The summed E-state index contributed by atoms with van der Waals surface area (Å²) < 4.78 is 5.98. The van der Waals surface area contributed by atoms with Crippen molar-refractivity contribution in [3.05, 3.63) is 52.1 Å². The summed E-state index contributed by atoms with van der Waals surface area (Å²) in [6.07, 6.45) is 2.55. The summed E-state index contributed by atoms with van der Waals surface area (Å²) in [7, 11) is 0. The molecule has 1 saturated heterocycles. The van der Waals surface area contributed by atoms with Crippen molar-refractivity contribution in [1.82, 2.24) is 10.3 Å². The van der Waals surface area contributed by atoms with Gasteiger partial charge in [-0.15, -0.1) is 0 Å². The van der Waals surface area contributed by atoms with Gasteiger partial charge in [-0.2, -0.15) is 0 Å². The number of hydrogen-bond acceptors (Lipinski definition) is 4. The van der Waals surface area contributed by atoms with Crippen LogP contribution < -0.4 is 15.0 Å². The molecule has 7 heteroatoms. The number of amides is 1. The van der Waals surface area contributed by atoms with Gasteiger partial charge in [0.1, 0.15) is 17.7 Å². The first-order chi connectivity index (χ1) is 12.1. The van der Waals surface area contributed by atoms with E-state index in [0.717, 1.165) is 25.3 Å². The van der Waals surface area contributed by atoms with E-state index in [0.29, 0.717) is 27.9 Å². The van der Waals surface area contributed by atoms with E-state index < -0.39 is 0 Å². The summed E-state index contributed by atoms with van der Waals surface area (Å²) in [6.45, 7) is 4.06. The standard InChI is InChI=1S/C18H19Cl2N3O2/c1-2-21-18(24)12-3-6-17(22-10-12)23-8-7-14(11-23)25-13-4-5-15(19)16(20)9-13/h3-6,9-10,14H,2,7-8,11H2,1H3,(H,21,24). The third kappa shape index (κ3) is 4.35. The molecule has 2 aromatic rings. The number of carbonyl (C=O) groups is 1. The van der Waals surface area contributed by atoms with Gasteiger partial charge in [0.05, 0.1) is 22.2 Å². The lowest BCUT2D eigenvalue weighted by molar-refractivity contribution is 0.0955. The molecule has 1 fully saturated rings. The molecular formula is C18H19Cl2N3O2. The Morgan fingerprint density at radius 1 is 1.32 bits per heavy atom. The summed E-state index contributed by atoms with van der Waals surface area (Å²) in [4.78, 5) is 18.3. The van der Waals surface area contributed by atoms with Gasteiger partial charge in [-0.1, -0.05) is 23.2 Å². The Morgan fingerprint density at radius 3 is 2.84 bits per heavy atom. The number of aromatic nitrogens is 1. The van der Waals surface area contributed by atoms with E-state index in [1.54, 1.807) is 24.4 Å². The molecule has 2 heterocycles. The van der Waals surface area contributed by atoms with Gasteiger partial charge >= 0.3 is 0 Å². The molecule has 1 amide bonds. The van der Waals surface area contributed by atoms with Gasteiger partial charge in [-0.25, -0.2) is 4.98 Å². The molecule has 132 valence electrons. The van der Waals surface area contributed by atoms with Gasteiger partial charge in [0, 0.05) is 31.8 Å². The van der Waals surface area contributed by atoms with Crippen LogP contribution in [-0.4, -0.2) is 36.6 Å². The molecule has 1 aromatic heterocycles. The summed E-state index contributed by atoms with van der Waals surface area (Å²) >= 11 is 11.9. The smallest absolute Gasteiger partial charge is 0.252 e. The molecule has 1 aliphatic rings. The number of halogens is 2. The van der Waals surface area contributed by atoms with Crippen molar-refractivity contribution >= 4 is 34.9 Å². The van der Waals surface area contributed by atoms with Gasteiger partial charge in [0.25, 0.3) is 5.91 Å². The zero-order chi connectivity index (χ0) is 17.8. The summed E-state index contributed by atoms with van der Waals surface area (Å²) in [5.74, 6) is 1.44. The fraction of sp³-hybridized carbons (Fsp3) is 0.333. The molecule has 3 rings (SSSR count). The maximum Gasteiger partial charge on any atom is 0.252 e. The molecule has 1 atom stereocenters. The number of carbonyl (C=O) groups excluding carboxylic acids is 1. The van der Waals surface area contributed by atoms with Crippen LogP contribution in [0.1, 0.15) is 23.7 Å². The zero-order valence-electron chi connectivity index (χ0n) is 13.8. The summed E-state index contributed by atoms with van der Waals surface area (Å²) in [5, 5.41) is 3.76. The third-order valence-corrected chi connectivity index (χ3v) is 4.75. The first-order valence-corrected chi connectivity index (χ1v) is 8.93. The molecule has 1 aliphatic heterocycles. The van der Waals surface area contributed by atoms with E-state index in [4.69, 9.17) is 27.9 Å². The number of hydrogen-bond donors (Lipinski definition) is 1. The van der Waals surface area contributed by atoms with Crippen molar-refractivity contribution in [1.29, 1.82) is 0 Å².